The second-order valence-electron chi connectivity index (χ2n) is 5.27. The molecule has 1 saturated heterocycles. The Morgan fingerprint density at radius 3 is 2.90 bits per heavy atom. The Labute approximate surface area is 123 Å². The van der Waals surface area contributed by atoms with Gasteiger partial charge in [-0.3, -0.25) is 0 Å². The highest BCUT2D eigenvalue weighted by Gasteiger charge is 2.17. The van der Waals surface area contributed by atoms with Crippen molar-refractivity contribution in [3.63, 3.8) is 0 Å². The van der Waals surface area contributed by atoms with Crippen molar-refractivity contribution in [3.05, 3.63) is 35.2 Å². The molecule has 1 aliphatic heterocycles. The maximum Gasteiger partial charge on any atom is 0.227 e. The summed E-state index contributed by atoms with van der Waals surface area (Å²) < 4.78 is 5.38. The highest BCUT2D eigenvalue weighted by Crippen LogP contribution is 2.22. The average Bonchev–Trinajstić information content (AvgIpc) is 2.76. The molecule has 0 amide bonds. The number of halogens is 1. The van der Waals surface area contributed by atoms with Gasteiger partial charge in [0.05, 0.1) is 0 Å². The summed E-state index contributed by atoms with van der Waals surface area (Å²) in [4.78, 5) is 4.49. The molecule has 1 aliphatic rings. The van der Waals surface area contributed by atoms with Crippen molar-refractivity contribution in [2.75, 3.05) is 13.1 Å². The average molecular weight is 292 g/mol. The zero-order chi connectivity index (χ0) is 13.8. The van der Waals surface area contributed by atoms with Gasteiger partial charge in [0, 0.05) is 17.0 Å². The molecular weight excluding hydrogens is 274 g/mol. The summed E-state index contributed by atoms with van der Waals surface area (Å²) in [6, 6.07) is 7.49. The highest BCUT2D eigenvalue weighted by molar-refractivity contribution is 6.30. The van der Waals surface area contributed by atoms with E-state index < -0.39 is 0 Å². The molecule has 0 spiro atoms. The topological polar surface area (TPSA) is 51.0 Å². The van der Waals surface area contributed by atoms with Gasteiger partial charge in [-0.05, 0) is 62.5 Å². The molecule has 1 atom stereocenters. The maximum atomic E-state index is 5.88. The van der Waals surface area contributed by atoms with E-state index in [4.69, 9.17) is 16.1 Å². The number of nitrogens with one attached hydrogen (secondary N) is 1. The van der Waals surface area contributed by atoms with E-state index in [0.717, 1.165) is 31.0 Å². The van der Waals surface area contributed by atoms with Crippen LogP contribution in [-0.4, -0.2) is 23.2 Å². The molecule has 5 heteroatoms. The van der Waals surface area contributed by atoms with Crippen molar-refractivity contribution >= 4 is 11.6 Å². The number of nitrogens with zero attached hydrogens (tertiary/aromatic N) is 2. The predicted molar refractivity (Wildman–Crippen MR) is 78.7 cm³/mol. The third-order valence-electron chi connectivity index (χ3n) is 3.73. The zero-order valence-electron chi connectivity index (χ0n) is 11.3. The number of hydrogen-bond donors (Lipinski definition) is 1. The summed E-state index contributed by atoms with van der Waals surface area (Å²) in [5.41, 5.74) is 0.937. The van der Waals surface area contributed by atoms with E-state index in [0.29, 0.717) is 16.8 Å². The molecule has 106 valence electrons. The summed E-state index contributed by atoms with van der Waals surface area (Å²) in [6.45, 7) is 2.21. The van der Waals surface area contributed by atoms with Crippen molar-refractivity contribution in [2.24, 2.45) is 5.92 Å². The Balaban J connectivity index is 1.68. The van der Waals surface area contributed by atoms with Gasteiger partial charge in [0.2, 0.25) is 11.7 Å². The van der Waals surface area contributed by atoms with Crippen LogP contribution in [0.25, 0.3) is 11.4 Å². The molecule has 0 aliphatic carbocycles. The SMILES string of the molecule is Clc1ccc(-c2noc(CC3CCCNCC3)n2)cc1. The van der Waals surface area contributed by atoms with Crippen molar-refractivity contribution in [1.82, 2.24) is 15.5 Å². The van der Waals surface area contributed by atoms with Crippen LogP contribution in [-0.2, 0) is 6.42 Å². The summed E-state index contributed by atoms with van der Waals surface area (Å²) in [6.07, 6.45) is 4.51. The first-order valence-electron chi connectivity index (χ1n) is 7.10. The summed E-state index contributed by atoms with van der Waals surface area (Å²) in [5.74, 6) is 2.02. The monoisotopic (exact) mass is 291 g/mol. The Morgan fingerprint density at radius 2 is 2.05 bits per heavy atom. The lowest BCUT2D eigenvalue weighted by molar-refractivity contribution is 0.341. The first-order chi connectivity index (χ1) is 9.81. The maximum absolute atomic E-state index is 5.88. The van der Waals surface area contributed by atoms with E-state index in [1.54, 1.807) is 0 Å². The molecule has 20 heavy (non-hydrogen) atoms. The van der Waals surface area contributed by atoms with Gasteiger partial charge < -0.3 is 9.84 Å². The third-order valence-corrected chi connectivity index (χ3v) is 3.98. The standard InChI is InChI=1S/C15H18ClN3O/c16-13-5-3-12(4-6-13)15-18-14(20-19-15)10-11-2-1-8-17-9-7-11/h3-6,11,17H,1-2,7-10H2. The Kier molecular flexibility index (Phi) is 4.33. The molecule has 0 bridgehead atoms. The molecule has 1 fully saturated rings. The second-order valence-corrected chi connectivity index (χ2v) is 5.71. The summed E-state index contributed by atoms with van der Waals surface area (Å²) >= 11 is 5.88. The van der Waals surface area contributed by atoms with Gasteiger partial charge in [0.25, 0.3) is 0 Å². The van der Waals surface area contributed by atoms with Gasteiger partial charge in [-0.1, -0.05) is 16.8 Å². The Morgan fingerprint density at radius 1 is 1.20 bits per heavy atom. The predicted octanol–water partition coefficient (Wildman–Crippen LogP) is 3.32. The second kappa shape index (κ2) is 6.37. The van der Waals surface area contributed by atoms with Crippen LogP contribution in [0.2, 0.25) is 5.02 Å². The van der Waals surface area contributed by atoms with Crippen LogP contribution in [0.4, 0.5) is 0 Å². The van der Waals surface area contributed by atoms with Crippen LogP contribution >= 0.6 is 11.6 Å². The van der Waals surface area contributed by atoms with E-state index in [9.17, 15) is 0 Å². The highest BCUT2D eigenvalue weighted by atomic mass is 35.5. The van der Waals surface area contributed by atoms with Crippen LogP contribution in [0.1, 0.15) is 25.2 Å². The fraction of sp³-hybridized carbons (Fsp3) is 0.467. The number of aromatic nitrogens is 2. The van der Waals surface area contributed by atoms with Crippen molar-refractivity contribution in [3.8, 4) is 11.4 Å². The van der Waals surface area contributed by atoms with Crippen LogP contribution in [0.3, 0.4) is 0 Å². The van der Waals surface area contributed by atoms with Gasteiger partial charge in [-0.15, -0.1) is 0 Å². The molecular formula is C15H18ClN3O. The molecule has 1 aromatic carbocycles. The van der Waals surface area contributed by atoms with Gasteiger partial charge in [0.15, 0.2) is 0 Å². The lowest BCUT2D eigenvalue weighted by Crippen LogP contribution is -2.14. The molecule has 4 nitrogen and oxygen atoms in total. The van der Waals surface area contributed by atoms with E-state index in [-0.39, 0.29) is 0 Å². The van der Waals surface area contributed by atoms with Crippen LogP contribution < -0.4 is 5.32 Å². The van der Waals surface area contributed by atoms with E-state index in [1.807, 2.05) is 24.3 Å². The molecule has 0 radical (unpaired) electrons. The molecule has 1 aromatic heterocycles. The minimum atomic E-state index is 0.642. The Bertz CT molecular complexity index is 545. The Hall–Kier alpha value is -1.39. The fourth-order valence-corrected chi connectivity index (χ4v) is 2.72. The van der Waals surface area contributed by atoms with E-state index >= 15 is 0 Å². The fourth-order valence-electron chi connectivity index (χ4n) is 2.60. The summed E-state index contributed by atoms with van der Waals surface area (Å²) in [7, 11) is 0. The minimum Gasteiger partial charge on any atom is -0.339 e. The smallest absolute Gasteiger partial charge is 0.227 e. The largest absolute Gasteiger partial charge is 0.339 e. The summed E-state index contributed by atoms with van der Waals surface area (Å²) in [5, 5.41) is 8.19. The molecule has 2 heterocycles. The molecule has 3 rings (SSSR count). The first kappa shape index (κ1) is 13.6. The number of hydrogen-bond acceptors (Lipinski definition) is 4. The lowest BCUT2D eigenvalue weighted by atomic mass is 9.97. The third kappa shape index (κ3) is 3.38. The first-order valence-corrected chi connectivity index (χ1v) is 7.48. The molecule has 1 unspecified atom stereocenters. The molecule has 2 aromatic rings. The van der Waals surface area contributed by atoms with Gasteiger partial charge in [-0.25, -0.2) is 0 Å². The zero-order valence-corrected chi connectivity index (χ0v) is 12.1. The lowest BCUT2D eigenvalue weighted by Gasteiger charge is -2.09. The van der Waals surface area contributed by atoms with Gasteiger partial charge in [-0.2, -0.15) is 4.98 Å². The van der Waals surface area contributed by atoms with Crippen LogP contribution in [0.15, 0.2) is 28.8 Å². The minimum absolute atomic E-state index is 0.642. The number of benzene rings is 1. The van der Waals surface area contributed by atoms with Crippen molar-refractivity contribution in [1.29, 1.82) is 0 Å². The van der Waals surface area contributed by atoms with Crippen molar-refractivity contribution in [2.45, 2.75) is 25.7 Å². The van der Waals surface area contributed by atoms with Gasteiger partial charge >= 0.3 is 0 Å². The molecule has 1 N–H and O–H groups in total. The van der Waals surface area contributed by atoms with Crippen LogP contribution in [0, 0.1) is 5.92 Å². The van der Waals surface area contributed by atoms with E-state index in [1.165, 1.54) is 19.3 Å². The normalized spacial score (nSPS) is 19.8. The number of rotatable bonds is 3. The van der Waals surface area contributed by atoms with Gasteiger partial charge in [0.1, 0.15) is 0 Å². The molecule has 0 saturated carbocycles. The van der Waals surface area contributed by atoms with E-state index in [2.05, 4.69) is 15.5 Å². The quantitative estimate of drug-likeness (QED) is 0.942. The van der Waals surface area contributed by atoms with Crippen LogP contribution in [0.5, 0.6) is 0 Å². The van der Waals surface area contributed by atoms with Crippen molar-refractivity contribution < 1.29 is 4.52 Å².